The predicted molar refractivity (Wildman–Crippen MR) is 113 cm³/mol. The van der Waals surface area contributed by atoms with E-state index >= 15 is 0 Å². The number of carbonyl (C=O) groups is 1. The highest BCUT2D eigenvalue weighted by Gasteiger charge is 2.15. The monoisotopic (exact) mass is 439 g/mol. The number of hydrazine groups is 1. The van der Waals surface area contributed by atoms with Gasteiger partial charge in [-0.05, 0) is 41.5 Å². The first-order valence-electron chi connectivity index (χ1n) is 9.30. The summed E-state index contributed by atoms with van der Waals surface area (Å²) >= 11 is 5.94. The lowest BCUT2D eigenvalue weighted by atomic mass is 10.0. The molecule has 1 aromatic heterocycles. The fourth-order valence-electron chi connectivity index (χ4n) is 2.99. The van der Waals surface area contributed by atoms with E-state index in [0.29, 0.717) is 22.7 Å². The highest BCUT2D eigenvalue weighted by molar-refractivity contribution is 6.30. The molecule has 0 saturated carbocycles. The molecule has 0 aliphatic rings. The van der Waals surface area contributed by atoms with E-state index in [9.17, 15) is 13.6 Å². The fourth-order valence-corrected chi connectivity index (χ4v) is 3.16. The van der Waals surface area contributed by atoms with Crippen molar-refractivity contribution in [2.75, 3.05) is 0 Å². The molecule has 0 saturated heterocycles. The van der Waals surface area contributed by atoms with Crippen LogP contribution in [0.2, 0.25) is 5.02 Å². The highest BCUT2D eigenvalue weighted by Crippen LogP contribution is 2.26. The molecule has 4 rings (SSSR count). The van der Waals surface area contributed by atoms with Crippen molar-refractivity contribution < 1.29 is 18.1 Å². The molecule has 0 atom stereocenters. The Hall–Kier alpha value is -3.55. The minimum absolute atomic E-state index is 0.0578. The molecule has 0 unspecified atom stereocenters. The van der Waals surface area contributed by atoms with Crippen LogP contribution in [0.1, 0.15) is 16.1 Å². The van der Waals surface area contributed by atoms with Crippen molar-refractivity contribution in [3.8, 4) is 22.4 Å². The van der Waals surface area contributed by atoms with E-state index in [2.05, 4.69) is 16.0 Å². The van der Waals surface area contributed by atoms with Gasteiger partial charge >= 0.3 is 5.91 Å². The lowest BCUT2D eigenvalue weighted by Gasteiger charge is -2.08. The highest BCUT2D eigenvalue weighted by atomic mass is 35.5. The van der Waals surface area contributed by atoms with Gasteiger partial charge in [-0.3, -0.25) is 10.2 Å². The topological polar surface area (TPSA) is 67.2 Å². The average Bonchev–Trinajstić information content (AvgIpc) is 3.26. The van der Waals surface area contributed by atoms with Gasteiger partial charge < -0.3 is 4.52 Å². The Balaban J connectivity index is 1.35. The Kier molecular flexibility index (Phi) is 6.06. The molecule has 1 amide bonds. The molecule has 0 aliphatic heterocycles. The lowest BCUT2D eigenvalue weighted by molar-refractivity contribution is 0.0895. The second-order valence-corrected chi connectivity index (χ2v) is 7.12. The molecular formula is C23H16ClF2N3O2. The van der Waals surface area contributed by atoms with E-state index in [1.54, 1.807) is 48.5 Å². The van der Waals surface area contributed by atoms with Crippen LogP contribution in [0.4, 0.5) is 8.78 Å². The zero-order valence-corrected chi connectivity index (χ0v) is 16.8. The van der Waals surface area contributed by atoms with Crippen molar-refractivity contribution in [1.29, 1.82) is 0 Å². The molecule has 156 valence electrons. The van der Waals surface area contributed by atoms with Crippen LogP contribution in [0.3, 0.4) is 0 Å². The van der Waals surface area contributed by atoms with Gasteiger partial charge in [0.2, 0.25) is 5.76 Å². The second-order valence-electron chi connectivity index (χ2n) is 6.69. The molecule has 2 N–H and O–H groups in total. The number of nitrogens with zero attached hydrogens (tertiary/aromatic N) is 1. The van der Waals surface area contributed by atoms with Crippen molar-refractivity contribution in [3.63, 3.8) is 0 Å². The van der Waals surface area contributed by atoms with Crippen molar-refractivity contribution in [1.82, 2.24) is 16.0 Å². The minimum atomic E-state index is -0.548. The second kappa shape index (κ2) is 9.07. The van der Waals surface area contributed by atoms with Crippen LogP contribution in [0, 0.1) is 11.6 Å². The Morgan fingerprint density at radius 3 is 2.45 bits per heavy atom. The van der Waals surface area contributed by atoms with Crippen molar-refractivity contribution >= 4 is 17.5 Å². The molecule has 0 spiro atoms. The van der Waals surface area contributed by atoms with Crippen LogP contribution < -0.4 is 10.9 Å². The third-order valence-electron chi connectivity index (χ3n) is 4.57. The van der Waals surface area contributed by atoms with Crippen LogP contribution in [0.5, 0.6) is 0 Å². The van der Waals surface area contributed by atoms with Crippen molar-refractivity contribution in [2.45, 2.75) is 6.54 Å². The summed E-state index contributed by atoms with van der Waals surface area (Å²) in [5, 5.41) is 4.20. The summed E-state index contributed by atoms with van der Waals surface area (Å²) in [6.07, 6.45) is 0. The third-order valence-corrected chi connectivity index (χ3v) is 4.81. The van der Waals surface area contributed by atoms with Crippen LogP contribution in [0.15, 0.2) is 77.3 Å². The number of hydrogen-bond acceptors (Lipinski definition) is 4. The van der Waals surface area contributed by atoms with Crippen LogP contribution in [-0.4, -0.2) is 11.1 Å². The molecule has 0 fully saturated rings. The van der Waals surface area contributed by atoms with Gasteiger partial charge in [0.15, 0.2) is 0 Å². The van der Waals surface area contributed by atoms with Gasteiger partial charge in [0.1, 0.15) is 17.3 Å². The number of halogens is 3. The van der Waals surface area contributed by atoms with Crippen molar-refractivity contribution in [3.05, 3.63) is 101 Å². The maximum atomic E-state index is 14.0. The SMILES string of the molecule is O=C(NNCc1ccc(-c2cc(Cl)ccc2F)cc1)c1cc(-c2ccccc2F)no1. The van der Waals surface area contributed by atoms with Gasteiger partial charge in [-0.1, -0.05) is 53.2 Å². The summed E-state index contributed by atoms with van der Waals surface area (Å²) in [5.74, 6) is -1.42. The molecule has 5 nitrogen and oxygen atoms in total. The first kappa shape index (κ1) is 20.7. The van der Waals surface area contributed by atoms with Gasteiger partial charge in [-0.2, -0.15) is 0 Å². The predicted octanol–water partition coefficient (Wildman–Crippen LogP) is 5.37. The first-order valence-corrected chi connectivity index (χ1v) is 9.68. The molecule has 0 radical (unpaired) electrons. The van der Waals surface area contributed by atoms with Crippen LogP contribution >= 0.6 is 11.6 Å². The minimum Gasteiger partial charge on any atom is -0.350 e. The lowest BCUT2D eigenvalue weighted by Crippen LogP contribution is -2.36. The van der Waals surface area contributed by atoms with E-state index < -0.39 is 11.7 Å². The summed E-state index contributed by atoms with van der Waals surface area (Å²) in [4.78, 5) is 12.2. The van der Waals surface area contributed by atoms with Crippen LogP contribution in [-0.2, 0) is 6.54 Å². The van der Waals surface area contributed by atoms with Crippen molar-refractivity contribution in [2.24, 2.45) is 0 Å². The standard InChI is InChI=1S/C23H16ClF2N3O2/c24-16-9-10-20(26)18(11-16)15-7-5-14(6-8-15)13-27-28-23(30)22-12-21(29-31-22)17-3-1-2-4-19(17)25/h1-12,27H,13H2,(H,28,30). The summed E-state index contributed by atoms with van der Waals surface area (Å²) in [6, 6.07) is 19.0. The molecule has 31 heavy (non-hydrogen) atoms. The van der Waals surface area contributed by atoms with Crippen LogP contribution in [0.25, 0.3) is 22.4 Å². The number of nitrogens with one attached hydrogen (secondary N) is 2. The fraction of sp³-hybridized carbons (Fsp3) is 0.0435. The number of benzene rings is 3. The Morgan fingerprint density at radius 1 is 0.935 bits per heavy atom. The van der Waals surface area contributed by atoms with E-state index in [0.717, 1.165) is 5.56 Å². The van der Waals surface area contributed by atoms with Gasteiger partial charge in [0, 0.05) is 28.8 Å². The molecule has 3 aromatic carbocycles. The number of amides is 1. The maximum Gasteiger partial charge on any atom is 0.303 e. The first-order chi connectivity index (χ1) is 15.0. The van der Waals surface area contributed by atoms with Gasteiger partial charge in [0.05, 0.1) is 0 Å². The van der Waals surface area contributed by atoms with Gasteiger partial charge in [-0.25, -0.2) is 14.2 Å². The maximum absolute atomic E-state index is 14.0. The normalized spacial score (nSPS) is 10.8. The number of rotatable bonds is 6. The molecule has 0 bridgehead atoms. The van der Waals surface area contributed by atoms with E-state index in [1.165, 1.54) is 24.3 Å². The van der Waals surface area contributed by atoms with E-state index in [1.807, 2.05) is 0 Å². The number of hydrogen-bond donors (Lipinski definition) is 2. The number of aromatic nitrogens is 1. The zero-order chi connectivity index (χ0) is 21.8. The van der Waals surface area contributed by atoms with E-state index in [-0.39, 0.29) is 22.8 Å². The molecule has 0 aliphatic carbocycles. The largest absolute Gasteiger partial charge is 0.350 e. The summed E-state index contributed by atoms with van der Waals surface area (Å²) < 4.78 is 32.8. The molecule has 4 aromatic rings. The van der Waals surface area contributed by atoms with Gasteiger partial charge in [0.25, 0.3) is 0 Å². The molecular weight excluding hydrogens is 424 g/mol. The Labute approximate surface area is 181 Å². The summed E-state index contributed by atoms with van der Waals surface area (Å²) in [6.45, 7) is 0.318. The van der Waals surface area contributed by atoms with Gasteiger partial charge in [-0.15, -0.1) is 0 Å². The summed E-state index contributed by atoms with van der Waals surface area (Å²) in [5.41, 5.74) is 7.71. The smallest absolute Gasteiger partial charge is 0.303 e. The average molecular weight is 440 g/mol. The molecule has 8 heteroatoms. The third kappa shape index (κ3) is 4.79. The quantitative estimate of drug-likeness (QED) is 0.396. The zero-order valence-electron chi connectivity index (χ0n) is 16.0. The summed E-state index contributed by atoms with van der Waals surface area (Å²) in [7, 11) is 0. The number of carbonyl (C=O) groups excluding carboxylic acids is 1. The molecule has 1 heterocycles. The Bertz CT molecular complexity index is 1230. The Morgan fingerprint density at radius 2 is 1.68 bits per heavy atom. The van der Waals surface area contributed by atoms with E-state index in [4.69, 9.17) is 16.1 Å².